The number of unbranched alkanes of at least 4 members (excludes halogenated alkanes) is 1. The van der Waals surface area contributed by atoms with Gasteiger partial charge in [0.2, 0.25) is 5.91 Å². The van der Waals surface area contributed by atoms with Gasteiger partial charge in [-0.2, -0.15) is 0 Å². The molecule has 1 saturated heterocycles. The quantitative estimate of drug-likeness (QED) is 0.782. The maximum absolute atomic E-state index is 12.8. The minimum Gasteiger partial charge on any atom is -0.386 e. The lowest BCUT2D eigenvalue weighted by atomic mass is 9.79. The Bertz CT molecular complexity index is 532. The molecular weight excluding hydrogens is 344 g/mol. The number of thiophene rings is 1. The number of nitrogens with zero attached hydrogens (tertiary/aromatic N) is 2. The summed E-state index contributed by atoms with van der Waals surface area (Å²) in [7, 11) is 0. The molecule has 2 aliphatic rings. The van der Waals surface area contributed by atoms with Gasteiger partial charge in [0.25, 0.3) is 0 Å². The topological polar surface area (TPSA) is 43.8 Å². The van der Waals surface area contributed by atoms with Crippen LogP contribution in [0.4, 0.5) is 0 Å². The number of rotatable bonds is 7. The van der Waals surface area contributed by atoms with Gasteiger partial charge in [-0.1, -0.05) is 32.3 Å². The lowest BCUT2D eigenvalue weighted by Crippen LogP contribution is -2.51. The van der Waals surface area contributed by atoms with Crippen LogP contribution in [-0.2, 0) is 4.79 Å². The standard InChI is InChI=1S/C21H34N2O2S/c1-2-3-5-17-7-9-18(10-8-17)21(25)23-13-11-22(12-14-23)16-19(24)20-6-4-15-26-20/h4,6,15,17-19,24H,2-3,5,7-14,16H2,1H3. The van der Waals surface area contributed by atoms with Gasteiger partial charge in [0, 0.05) is 43.5 Å². The summed E-state index contributed by atoms with van der Waals surface area (Å²) in [5.74, 6) is 1.50. The van der Waals surface area contributed by atoms with E-state index in [0.29, 0.717) is 12.5 Å². The van der Waals surface area contributed by atoms with Crippen molar-refractivity contribution in [2.45, 2.75) is 58.0 Å². The van der Waals surface area contributed by atoms with Crippen LogP contribution >= 0.6 is 11.3 Å². The molecule has 1 aliphatic heterocycles. The first-order valence-electron chi connectivity index (χ1n) is 10.4. The predicted octanol–water partition coefficient (Wildman–Crippen LogP) is 3.92. The lowest BCUT2D eigenvalue weighted by molar-refractivity contribution is -0.138. The largest absolute Gasteiger partial charge is 0.386 e. The number of aliphatic hydroxyl groups excluding tert-OH is 1. The van der Waals surface area contributed by atoms with Crippen LogP contribution in [-0.4, -0.2) is 53.5 Å². The summed E-state index contributed by atoms with van der Waals surface area (Å²) < 4.78 is 0. The van der Waals surface area contributed by atoms with Crippen LogP contribution in [0, 0.1) is 11.8 Å². The molecule has 1 aromatic heterocycles. The molecule has 1 atom stereocenters. The summed E-state index contributed by atoms with van der Waals surface area (Å²) in [5, 5.41) is 12.3. The molecule has 3 rings (SSSR count). The second-order valence-corrected chi connectivity index (χ2v) is 9.00. The third-order valence-corrected chi connectivity index (χ3v) is 7.12. The molecule has 0 spiro atoms. The fourth-order valence-electron chi connectivity index (χ4n) is 4.42. The van der Waals surface area contributed by atoms with Gasteiger partial charge in [0.15, 0.2) is 0 Å². The fourth-order valence-corrected chi connectivity index (χ4v) is 5.12. The summed E-state index contributed by atoms with van der Waals surface area (Å²) in [6.07, 6.45) is 8.22. The summed E-state index contributed by atoms with van der Waals surface area (Å²) in [5.41, 5.74) is 0. The van der Waals surface area contributed by atoms with E-state index in [2.05, 4.69) is 16.7 Å². The first-order valence-corrected chi connectivity index (χ1v) is 11.3. The Morgan fingerprint density at radius 2 is 1.96 bits per heavy atom. The Hall–Kier alpha value is -0.910. The van der Waals surface area contributed by atoms with Crippen LogP contribution in [0.2, 0.25) is 0 Å². The number of piperazine rings is 1. The smallest absolute Gasteiger partial charge is 0.225 e. The number of β-amino-alcohol motifs (C(OH)–C–C–N with tert-alkyl or cyclic N) is 1. The van der Waals surface area contributed by atoms with Crippen molar-refractivity contribution in [1.29, 1.82) is 0 Å². The number of carbonyl (C=O) groups is 1. The highest BCUT2D eigenvalue weighted by atomic mass is 32.1. The van der Waals surface area contributed by atoms with E-state index < -0.39 is 6.10 Å². The lowest BCUT2D eigenvalue weighted by Gasteiger charge is -2.38. The summed E-state index contributed by atoms with van der Waals surface area (Å²) in [6, 6.07) is 3.97. The highest BCUT2D eigenvalue weighted by Gasteiger charge is 2.31. The zero-order valence-corrected chi connectivity index (χ0v) is 16.9. The summed E-state index contributed by atoms with van der Waals surface area (Å²) in [4.78, 5) is 18.2. The van der Waals surface area contributed by atoms with Crippen molar-refractivity contribution in [3.8, 4) is 0 Å². The molecule has 0 radical (unpaired) electrons. The molecule has 0 aromatic carbocycles. The Labute approximate surface area is 162 Å². The normalized spacial score (nSPS) is 26.0. The molecule has 2 fully saturated rings. The third kappa shape index (κ3) is 5.30. The maximum Gasteiger partial charge on any atom is 0.225 e. The van der Waals surface area contributed by atoms with E-state index in [9.17, 15) is 9.90 Å². The Balaban J connectivity index is 1.38. The number of aliphatic hydroxyl groups is 1. The Morgan fingerprint density at radius 3 is 2.58 bits per heavy atom. The maximum atomic E-state index is 12.8. The first-order chi connectivity index (χ1) is 12.7. The average Bonchev–Trinajstić information content (AvgIpc) is 3.22. The van der Waals surface area contributed by atoms with E-state index in [1.54, 1.807) is 11.3 Å². The minimum absolute atomic E-state index is 0.260. The molecule has 1 amide bonds. The fraction of sp³-hybridized carbons (Fsp3) is 0.762. The van der Waals surface area contributed by atoms with Crippen LogP contribution in [0.5, 0.6) is 0 Å². The van der Waals surface area contributed by atoms with Crippen molar-refractivity contribution in [1.82, 2.24) is 9.80 Å². The highest BCUT2D eigenvalue weighted by molar-refractivity contribution is 7.10. The molecule has 2 heterocycles. The third-order valence-electron chi connectivity index (χ3n) is 6.15. The monoisotopic (exact) mass is 378 g/mol. The molecule has 4 nitrogen and oxygen atoms in total. The average molecular weight is 379 g/mol. The van der Waals surface area contributed by atoms with Gasteiger partial charge in [-0.05, 0) is 43.0 Å². The molecular formula is C21H34N2O2S. The van der Waals surface area contributed by atoms with E-state index >= 15 is 0 Å². The first kappa shape index (κ1) is 19.8. The number of hydrogen-bond acceptors (Lipinski definition) is 4. The van der Waals surface area contributed by atoms with Gasteiger partial charge >= 0.3 is 0 Å². The highest BCUT2D eigenvalue weighted by Crippen LogP contribution is 2.33. The second-order valence-electron chi connectivity index (χ2n) is 8.02. The molecule has 1 aromatic rings. The van der Waals surface area contributed by atoms with E-state index in [0.717, 1.165) is 49.8 Å². The SMILES string of the molecule is CCCCC1CCC(C(=O)N2CCN(CC(O)c3cccs3)CC2)CC1. The van der Waals surface area contributed by atoms with Gasteiger partial charge in [-0.3, -0.25) is 9.69 Å². The number of carbonyl (C=O) groups excluding carboxylic acids is 1. The van der Waals surface area contributed by atoms with Gasteiger partial charge in [0.1, 0.15) is 6.10 Å². The van der Waals surface area contributed by atoms with Crippen molar-refractivity contribution in [2.75, 3.05) is 32.7 Å². The molecule has 26 heavy (non-hydrogen) atoms. The molecule has 1 aliphatic carbocycles. The van der Waals surface area contributed by atoms with Crippen molar-refractivity contribution < 1.29 is 9.90 Å². The van der Waals surface area contributed by atoms with Gasteiger partial charge in [0.05, 0.1) is 0 Å². The molecule has 0 bridgehead atoms. The van der Waals surface area contributed by atoms with Crippen LogP contribution in [0.3, 0.4) is 0 Å². The predicted molar refractivity (Wildman–Crippen MR) is 107 cm³/mol. The Kier molecular flexibility index (Phi) is 7.52. The van der Waals surface area contributed by atoms with Crippen LogP contribution in [0.1, 0.15) is 62.9 Å². The van der Waals surface area contributed by atoms with Gasteiger partial charge < -0.3 is 10.0 Å². The summed E-state index contributed by atoms with van der Waals surface area (Å²) in [6.45, 7) is 6.30. The van der Waals surface area contributed by atoms with E-state index in [-0.39, 0.29) is 5.92 Å². The zero-order valence-electron chi connectivity index (χ0n) is 16.1. The van der Waals surface area contributed by atoms with Crippen molar-refractivity contribution >= 4 is 17.2 Å². The van der Waals surface area contributed by atoms with Crippen molar-refractivity contribution in [2.24, 2.45) is 11.8 Å². The van der Waals surface area contributed by atoms with Crippen molar-refractivity contribution in [3.63, 3.8) is 0 Å². The zero-order chi connectivity index (χ0) is 18.4. The van der Waals surface area contributed by atoms with Crippen LogP contribution < -0.4 is 0 Å². The molecule has 1 unspecified atom stereocenters. The molecule has 5 heteroatoms. The van der Waals surface area contributed by atoms with E-state index in [1.165, 1.54) is 32.1 Å². The molecule has 146 valence electrons. The van der Waals surface area contributed by atoms with Crippen LogP contribution in [0.15, 0.2) is 17.5 Å². The van der Waals surface area contributed by atoms with Gasteiger partial charge in [-0.25, -0.2) is 0 Å². The van der Waals surface area contributed by atoms with Gasteiger partial charge in [-0.15, -0.1) is 11.3 Å². The summed E-state index contributed by atoms with van der Waals surface area (Å²) >= 11 is 1.61. The minimum atomic E-state index is -0.407. The Morgan fingerprint density at radius 1 is 1.23 bits per heavy atom. The number of hydrogen-bond donors (Lipinski definition) is 1. The molecule has 1 saturated carbocycles. The van der Waals surface area contributed by atoms with E-state index in [4.69, 9.17) is 0 Å². The van der Waals surface area contributed by atoms with Crippen LogP contribution in [0.25, 0.3) is 0 Å². The second kappa shape index (κ2) is 9.86. The number of amides is 1. The molecule has 1 N–H and O–H groups in total. The van der Waals surface area contributed by atoms with E-state index in [1.807, 2.05) is 17.5 Å². The van der Waals surface area contributed by atoms with Crippen molar-refractivity contribution in [3.05, 3.63) is 22.4 Å².